The maximum Gasteiger partial charge on any atom is 0.259 e. The van der Waals surface area contributed by atoms with Gasteiger partial charge in [-0.1, -0.05) is 37.6 Å². The molecule has 0 atom stereocenters. The number of nitrogens with one attached hydrogen (secondary N) is 2. The van der Waals surface area contributed by atoms with Gasteiger partial charge in [0, 0.05) is 17.2 Å². The van der Waals surface area contributed by atoms with E-state index in [9.17, 15) is 14.7 Å². The molecule has 166 valence electrons. The molecular formula is C24H24ClN3O4. The second-order valence-electron chi connectivity index (χ2n) is 7.80. The van der Waals surface area contributed by atoms with Crippen LogP contribution in [0.1, 0.15) is 40.1 Å². The number of hydrogen-bond acceptors (Lipinski definition) is 5. The van der Waals surface area contributed by atoms with Crippen LogP contribution in [0.4, 0.5) is 11.5 Å². The number of carbonyl (C=O) groups is 2. The van der Waals surface area contributed by atoms with Crippen molar-refractivity contribution in [3.8, 4) is 5.75 Å². The third-order valence-corrected chi connectivity index (χ3v) is 5.24. The van der Waals surface area contributed by atoms with E-state index >= 15 is 0 Å². The Kier molecular flexibility index (Phi) is 7.12. The molecule has 3 rings (SSSR count). The number of amides is 2. The summed E-state index contributed by atoms with van der Waals surface area (Å²) < 4.78 is 5.23. The molecule has 0 saturated carbocycles. The molecule has 0 fully saturated rings. The highest BCUT2D eigenvalue weighted by Crippen LogP contribution is 2.25. The summed E-state index contributed by atoms with van der Waals surface area (Å²) in [6.45, 7) is 3.82. The Hall–Kier alpha value is -3.42. The van der Waals surface area contributed by atoms with Crippen LogP contribution in [0.2, 0.25) is 5.02 Å². The van der Waals surface area contributed by atoms with Gasteiger partial charge in [-0.2, -0.15) is 0 Å². The van der Waals surface area contributed by atoms with Crippen molar-refractivity contribution in [1.29, 1.82) is 0 Å². The maximum atomic E-state index is 12.9. The van der Waals surface area contributed by atoms with Gasteiger partial charge in [0.2, 0.25) is 0 Å². The number of methoxy groups -OCH3 is 1. The smallest absolute Gasteiger partial charge is 0.259 e. The van der Waals surface area contributed by atoms with Crippen LogP contribution < -0.4 is 15.4 Å². The first-order chi connectivity index (χ1) is 15.2. The molecule has 0 bridgehead atoms. The quantitative estimate of drug-likeness (QED) is 0.488. The number of aromatic nitrogens is 1. The van der Waals surface area contributed by atoms with Gasteiger partial charge in [-0.15, -0.1) is 0 Å². The molecule has 0 aliphatic carbocycles. The first kappa shape index (κ1) is 23.2. The highest BCUT2D eigenvalue weighted by Gasteiger charge is 2.20. The van der Waals surface area contributed by atoms with E-state index in [1.54, 1.807) is 48.5 Å². The number of rotatable bonds is 7. The van der Waals surface area contributed by atoms with E-state index < -0.39 is 11.3 Å². The van der Waals surface area contributed by atoms with E-state index in [4.69, 9.17) is 16.3 Å². The van der Waals surface area contributed by atoms with Crippen LogP contribution in [0, 0.1) is 0 Å². The maximum absolute atomic E-state index is 12.9. The predicted molar refractivity (Wildman–Crippen MR) is 125 cm³/mol. The number of aliphatic hydroxyl groups is 1. The van der Waals surface area contributed by atoms with Crippen LogP contribution in [-0.2, 0) is 5.41 Å². The Labute approximate surface area is 191 Å². The molecule has 0 saturated heterocycles. The number of nitrogens with zero attached hydrogens (tertiary/aromatic N) is 1. The lowest BCUT2D eigenvalue weighted by Crippen LogP contribution is -2.22. The second-order valence-corrected chi connectivity index (χ2v) is 8.24. The van der Waals surface area contributed by atoms with Crippen molar-refractivity contribution in [2.45, 2.75) is 19.3 Å². The molecule has 32 heavy (non-hydrogen) atoms. The van der Waals surface area contributed by atoms with Gasteiger partial charge in [0.25, 0.3) is 11.8 Å². The number of hydrogen-bond donors (Lipinski definition) is 3. The molecule has 3 aromatic rings. The summed E-state index contributed by atoms with van der Waals surface area (Å²) in [5.41, 5.74) is 1.46. The zero-order chi connectivity index (χ0) is 23.3. The zero-order valence-electron chi connectivity index (χ0n) is 18.0. The molecule has 7 nitrogen and oxygen atoms in total. The number of pyridine rings is 1. The first-order valence-electron chi connectivity index (χ1n) is 9.87. The highest BCUT2D eigenvalue weighted by molar-refractivity contribution is 6.30. The van der Waals surface area contributed by atoms with Crippen LogP contribution >= 0.6 is 11.6 Å². The van der Waals surface area contributed by atoms with Crippen molar-refractivity contribution in [2.24, 2.45) is 0 Å². The number of ether oxygens (including phenoxy) is 1. The van der Waals surface area contributed by atoms with Crippen molar-refractivity contribution in [2.75, 3.05) is 24.4 Å². The van der Waals surface area contributed by atoms with Crippen molar-refractivity contribution < 1.29 is 19.4 Å². The molecule has 3 N–H and O–H groups in total. The lowest BCUT2D eigenvalue weighted by atomic mass is 9.85. The Bertz CT molecular complexity index is 1110. The summed E-state index contributed by atoms with van der Waals surface area (Å²) in [7, 11) is 1.49. The van der Waals surface area contributed by atoms with Crippen LogP contribution in [0.3, 0.4) is 0 Å². The minimum Gasteiger partial charge on any atom is -0.497 e. The molecule has 1 heterocycles. The number of benzene rings is 2. The van der Waals surface area contributed by atoms with Crippen molar-refractivity contribution >= 4 is 34.9 Å². The van der Waals surface area contributed by atoms with Gasteiger partial charge in [0.15, 0.2) is 0 Å². The predicted octanol–water partition coefficient (Wildman–Crippen LogP) is 4.52. The van der Waals surface area contributed by atoms with Crippen LogP contribution in [-0.4, -0.2) is 35.6 Å². The van der Waals surface area contributed by atoms with Gasteiger partial charge in [0.05, 0.1) is 30.0 Å². The fourth-order valence-electron chi connectivity index (χ4n) is 2.94. The largest absolute Gasteiger partial charge is 0.497 e. The van der Waals surface area contributed by atoms with E-state index in [-0.39, 0.29) is 18.1 Å². The molecule has 8 heteroatoms. The molecular weight excluding hydrogens is 430 g/mol. The average molecular weight is 454 g/mol. The summed E-state index contributed by atoms with van der Waals surface area (Å²) in [5.74, 6) is -0.0503. The van der Waals surface area contributed by atoms with E-state index in [2.05, 4.69) is 15.6 Å². The molecule has 2 amide bonds. The fourth-order valence-corrected chi connectivity index (χ4v) is 3.05. The number of carbonyl (C=O) groups excluding carboxylic acids is 2. The van der Waals surface area contributed by atoms with Crippen LogP contribution in [0.5, 0.6) is 5.75 Å². The summed E-state index contributed by atoms with van der Waals surface area (Å²) >= 11 is 5.84. The van der Waals surface area contributed by atoms with E-state index in [1.807, 2.05) is 13.8 Å². The Balaban J connectivity index is 1.83. The number of aliphatic hydroxyl groups excluding tert-OH is 1. The molecule has 2 aromatic carbocycles. The van der Waals surface area contributed by atoms with Gasteiger partial charge in [-0.05, 0) is 48.0 Å². The standard InChI is InChI=1S/C24H24ClN3O4/c1-24(2,14-29)16-6-4-15(5-7-16)22(30)27-20-10-9-18(32-3)12-19(20)23(31)28-21-11-8-17(25)13-26-21/h4-13,29H,14H2,1-3H3,(H,27,30)(H,26,28,31). The second kappa shape index (κ2) is 9.80. The molecule has 0 aliphatic rings. The number of halogens is 1. The van der Waals surface area contributed by atoms with Gasteiger partial charge in [0.1, 0.15) is 11.6 Å². The Morgan fingerprint density at radius 1 is 1.03 bits per heavy atom. The molecule has 0 radical (unpaired) electrons. The third kappa shape index (κ3) is 5.43. The molecule has 1 aromatic heterocycles. The number of anilines is 2. The minimum atomic E-state index is -0.464. The summed E-state index contributed by atoms with van der Waals surface area (Å²) in [6, 6.07) is 15.0. The van der Waals surface area contributed by atoms with Crippen molar-refractivity contribution in [1.82, 2.24) is 4.98 Å². The average Bonchev–Trinajstić information content (AvgIpc) is 2.80. The van der Waals surface area contributed by atoms with Gasteiger partial charge in [-0.25, -0.2) is 4.98 Å². The minimum absolute atomic E-state index is 0.00859. The lowest BCUT2D eigenvalue weighted by Gasteiger charge is -2.22. The summed E-state index contributed by atoms with van der Waals surface area (Å²) in [5, 5.41) is 15.4. The van der Waals surface area contributed by atoms with Crippen molar-refractivity contribution in [3.63, 3.8) is 0 Å². The van der Waals surface area contributed by atoms with E-state index in [1.165, 1.54) is 19.4 Å². The van der Waals surface area contributed by atoms with Crippen molar-refractivity contribution in [3.05, 3.63) is 82.5 Å². The van der Waals surface area contributed by atoms with Gasteiger partial charge >= 0.3 is 0 Å². The Morgan fingerprint density at radius 3 is 2.34 bits per heavy atom. The highest BCUT2D eigenvalue weighted by atomic mass is 35.5. The Morgan fingerprint density at radius 2 is 1.75 bits per heavy atom. The van der Waals surface area contributed by atoms with Crippen LogP contribution in [0.15, 0.2) is 60.8 Å². The van der Waals surface area contributed by atoms with E-state index in [0.717, 1.165) is 5.56 Å². The van der Waals surface area contributed by atoms with E-state index in [0.29, 0.717) is 27.8 Å². The first-order valence-corrected chi connectivity index (χ1v) is 10.2. The monoisotopic (exact) mass is 453 g/mol. The molecule has 0 unspecified atom stereocenters. The van der Waals surface area contributed by atoms with Crippen LogP contribution in [0.25, 0.3) is 0 Å². The SMILES string of the molecule is COc1ccc(NC(=O)c2ccc(C(C)(C)CO)cc2)c(C(=O)Nc2ccc(Cl)cn2)c1. The third-order valence-electron chi connectivity index (χ3n) is 5.01. The summed E-state index contributed by atoms with van der Waals surface area (Å²) in [6.07, 6.45) is 1.42. The topological polar surface area (TPSA) is 101 Å². The fraction of sp³-hybridized carbons (Fsp3) is 0.208. The molecule has 0 aliphatic heterocycles. The normalized spacial score (nSPS) is 11.0. The lowest BCUT2D eigenvalue weighted by molar-refractivity contribution is 0.102. The molecule has 0 spiro atoms. The summed E-state index contributed by atoms with van der Waals surface area (Å²) in [4.78, 5) is 29.8. The van der Waals surface area contributed by atoms with Gasteiger partial charge < -0.3 is 20.5 Å². The van der Waals surface area contributed by atoms with Gasteiger partial charge in [-0.3, -0.25) is 9.59 Å². The zero-order valence-corrected chi connectivity index (χ0v) is 18.7.